The van der Waals surface area contributed by atoms with E-state index in [9.17, 15) is 13.2 Å². The maximum absolute atomic E-state index is 12.6. The molecule has 2 aromatic carbocycles. The first-order chi connectivity index (χ1) is 13.2. The lowest BCUT2D eigenvalue weighted by Gasteiger charge is -2.16. The third-order valence-corrected chi connectivity index (χ3v) is 6.78. The summed E-state index contributed by atoms with van der Waals surface area (Å²) in [7, 11) is -0.0152. The van der Waals surface area contributed by atoms with Crippen LogP contribution in [-0.4, -0.2) is 37.7 Å². The van der Waals surface area contributed by atoms with Crippen molar-refractivity contribution in [2.45, 2.75) is 11.8 Å². The molecule has 1 aliphatic heterocycles. The van der Waals surface area contributed by atoms with E-state index in [1.54, 1.807) is 18.2 Å². The lowest BCUT2D eigenvalue weighted by atomic mass is 10.2. The maximum Gasteiger partial charge on any atom is 0.307 e. The summed E-state index contributed by atoms with van der Waals surface area (Å²) in [6.07, 6.45) is 1.77. The summed E-state index contributed by atoms with van der Waals surface area (Å²) >= 11 is 6.22. The molecule has 0 radical (unpaired) electrons. The van der Waals surface area contributed by atoms with Gasteiger partial charge in [0.1, 0.15) is 4.99 Å². The highest BCUT2D eigenvalue weighted by molar-refractivity contribution is 8.19. The summed E-state index contributed by atoms with van der Waals surface area (Å²) in [5.41, 5.74) is 2.85. The fourth-order valence-electron chi connectivity index (χ4n) is 2.46. The zero-order valence-corrected chi connectivity index (χ0v) is 18.0. The van der Waals surface area contributed by atoms with Crippen molar-refractivity contribution in [3.63, 3.8) is 0 Å². The molecule has 1 aliphatic rings. The number of thiocarbonyl (C=S) groups is 1. The van der Waals surface area contributed by atoms with Gasteiger partial charge < -0.3 is 4.90 Å². The number of carbonyl (C=O) groups is 1. The Kier molecular flexibility index (Phi) is 5.90. The summed E-state index contributed by atoms with van der Waals surface area (Å²) in [6.45, 7) is 1.86. The van der Waals surface area contributed by atoms with Gasteiger partial charge in [-0.25, -0.2) is 13.4 Å². The molecule has 0 unspecified atom stereocenters. The zero-order chi connectivity index (χ0) is 20.5. The van der Waals surface area contributed by atoms with Crippen molar-refractivity contribution in [1.82, 2.24) is 9.84 Å². The van der Waals surface area contributed by atoms with Gasteiger partial charge >= 0.3 is 5.24 Å². The van der Waals surface area contributed by atoms with Crippen molar-refractivity contribution >= 4 is 56.0 Å². The van der Waals surface area contributed by atoms with Crippen molar-refractivity contribution in [1.29, 1.82) is 0 Å². The number of hydrogen-bond acceptors (Lipinski definition) is 6. The van der Waals surface area contributed by atoms with Gasteiger partial charge in [-0.1, -0.05) is 42.0 Å². The number of anilines is 1. The van der Waals surface area contributed by atoms with Crippen LogP contribution in [0.25, 0.3) is 6.08 Å². The standard InChI is InChI=1S/C19H19N3O3S3/c1-13-4-10-16(11-5-13)28(24,25)20-22-18(26)17(27-19(22)23)12-14-6-8-15(9-7-14)21(2)3/h4-12,20H,1-3H3. The number of benzene rings is 2. The summed E-state index contributed by atoms with van der Waals surface area (Å²) in [4.78, 5) is 17.3. The average Bonchev–Trinajstić information content (AvgIpc) is 2.89. The number of rotatable bonds is 5. The molecule has 0 bridgehead atoms. The number of hydrogen-bond donors (Lipinski definition) is 1. The fraction of sp³-hybridized carbons (Fsp3) is 0.158. The van der Waals surface area contributed by atoms with Crippen LogP contribution < -0.4 is 9.73 Å². The van der Waals surface area contributed by atoms with E-state index in [-0.39, 0.29) is 9.88 Å². The number of sulfonamides is 1. The van der Waals surface area contributed by atoms with Gasteiger partial charge in [-0.15, -0.1) is 4.83 Å². The number of hydrazine groups is 1. The highest BCUT2D eigenvalue weighted by atomic mass is 32.2. The van der Waals surface area contributed by atoms with Crippen molar-refractivity contribution in [2.24, 2.45) is 0 Å². The molecule has 146 valence electrons. The first kappa shape index (κ1) is 20.5. The van der Waals surface area contributed by atoms with Crippen molar-refractivity contribution < 1.29 is 13.2 Å². The van der Waals surface area contributed by atoms with Crippen molar-refractivity contribution in [3.05, 3.63) is 64.6 Å². The number of amides is 1. The molecule has 0 atom stereocenters. The molecule has 1 amide bonds. The van der Waals surface area contributed by atoms with E-state index in [0.717, 1.165) is 33.6 Å². The molecule has 0 saturated carbocycles. The van der Waals surface area contributed by atoms with Crippen LogP contribution in [0.4, 0.5) is 10.5 Å². The predicted molar refractivity (Wildman–Crippen MR) is 118 cm³/mol. The highest BCUT2D eigenvalue weighted by Gasteiger charge is 2.35. The van der Waals surface area contributed by atoms with Gasteiger partial charge in [0.15, 0.2) is 0 Å². The molecule has 1 N–H and O–H groups in total. The van der Waals surface area contributed by atoms with Gasteiger partial charge in [0.25, 0.3) is 10.0 Å². The normalized spacial score (nSPS) is 16.1. The van der Waals surface area contributed by atoms with Crippen molar-refractivity contribution in [2.75, 3.05) is 19.0 Å². The van der Waals surface area contributed by atoms with Gasteiger partial charge in [0.05, 0.1) is 9.80 Å². The molecule has 3 rings (SSSR count). The highest BCUT2D eigenvalue weighted by Crippen LogP contribution is 2.33. The summed E-state index contributed by atoms with van der Waals surface area (Å²) in [5, 5.41) is 0.409. The Hall–Kier alpha value is -2.20. The topological polar surface area (TPSA) is 69.7 Å². The predicted octanol–water partition coefficient (Wildman–Crippen LogP) is 3.79. The quantitative estimate of drug-likeness (QED) is 0.572. The van der Waals surface area contributed by atoms with Gasteiger partial charge in [-0.2, -0.15) is 0 Å². The Morgan fingerprint density at radius 2 is 1.68 bits per heavy atom. The molecule has 1 heterocycles. The maximum atomic E-state index is 12.6. The lowest BCUT2D eigenvalue weighted by Crippen LogP contribution is -2.44. The Morgan fingerprint density at radius 3 is 2.25 bits per heavy atom. The van der Waals surface area contributed by atoms with E-state index in [4.69, 9.17) is 12.2 Å². The van der Waals surface area contributed by atoms with E-state index in [0.29, 0.717) is 4.91 Å². The molecular formula is C19H19N3O3S3. The van der Waals surface area contributed by atoms with Crippen LogP contribution in [0.3, 0.4) is 0 Å². The van der Waals surface area contributed by atoms with Crippen LogP contribution in [0.1, 0.15) is 11.1 Å². The third-order valence-electron chi connectivity index (χ3n) is 4.04. The van der Waals surface area contributed by atoms with Crippen LogP contribution in [0.15, 0.2) is 58.3 Å². The van der Waals surface area contributed by atoms with Crippen LogP contribution in [-0.2, 0) is 10.0 Å². The molecule has 6 nitrogen and oxygen atoms in total. The number of carbonyl (C=O) groups excluding carboxylic acids is 1. The van der Waals surface area contributed by atoms with Crippen LogP contribution in [0.2, 0.25) is 0 Å². The van der Waals surface area contributed by atoms with Gasteiger partial charge in [0.2, 0.25) is 0 Å². The fourth-order valence-corrected chi connectivity index (χ4v) is 4.75. The minimum absolute atomic E-state index is 0.0652. The van der Waals surface area contributed by atoms with E-state index in [1.165, 1.54) is 12.1 Å². The van der Waals surface area contributed by atoms with Crippen molar-refractivity contribution in [3.8, 4) is 0 Å². The Labute approximate surface area is 174 Å². The smallest absolute Gasteiger partial charge is 0.307 e. The van der Waals surface area contributed by atoms with E-state index in [2.05, 4.69) is 4.83 Å². The Morgan fingerprint density at radius 1 is 1.07 bits per heavy atom. The molecule has 0 aromatic heterocycles. The minimum atomic E-state index is -3.92. The van der Waals surface area contributed by atoms with Gasteiger partial charge in [-0.3, -0.25) is 4.79 Å². The SMILES string of the molecule is Cc1ccc(S(=O)(=O)NN2C(=O)SC(=Cc3ccc(N(C)C)cc3)C2=S)cc1. The third kappa shape index (κ3) is 4.44. The van der Waals surface area contributed by atoms with E-state index >= 15 is 0 Å². The molecule has 9 heteroatoms. The van der Waals surface area contributed by atoms with E-state index in [1.807, 2.05) is 50.2 Å². The second-order valence-electron chi connectivity index (χ2n) is 6.41. The minimum Gasteiger partial charge on any atom is -0.378 e. The Bertz CT molecular complexity index is 1040. The molecule has 0 aliphatic carbocycles. The molecule has 28 heavy (non-hydrogen) atoms. The second-order valence-corrected chi connectivity index (χ2v) is 9.45. The van der Waals surface area contributed by atoms with Crippen LogP contribution in [0.5, 0.6) is 0 Å². The average molecular weight is 434 g/mol. The summed E-state index contributed by atoms with van der Waals surface area (Å²) < 4.78 is 25.1. The van der Waals surface area contributed by atoms with E-state index < -0.39 is 15.3 Å². The molecular weight excluding hydrogens is 414 g/mol. The molecule has 2 aromatic rings. The first-order valence-electron chi connectivity index (χ1n) is 8.32. The summed E-state index contributed by atoms with van der Waals surface area (Å²) in [6, 6.07) is 14.1. The zero-order valence-electron chi connectivity index (χ0n) is 15.5. The molecule has 0 spiro atoms. The monoisotopic (exact) mass is 433 g/mol. The largest absolute Gasteiger partial charge is 0.378 e. The van der Waals surface area contributed by atoms with Crippen LogP contribution >= 0.6 is 24.0 Å². The second kappa shape index (κ2) is 8.04. The number of thioether (sulfide) groups is 1. The first-order valence-corrected chi connectivity index (χ1v) is 11.0. The number of aryl methyl sites for hydroxylation is 1. The molecule has 1 saturated heterocycles. The van der Waals surface area contributed by atoms with Gasteiger partial charge in [-0.05, 0) is 54.6 Å². The van der Waals surface area contributed by atoms with Gasteiger partial charge in [0, 0.05) is 19.8 Å². The molecule has 1 fully saturated rings. The van der Waals surface area contributed by atoms with Crippen LogP contribution in [0, 0.1) is 6.92 Å². The summed E-state index contributed by atoms with van der Waals surface area (Å²) in [5.74, 6) is 0. The number of nitrogens with one attached hydrogen (secondary N) is 1. The Balaban J connectivity index is 1.80. The number of nitrogens with zero attached hydrogens (tertiary/aromatic N) is 2. The lowest BCUT2D eigenvalue weighted by molar-refractivity contribution is 0.241.